The molecule has 1 N–H and O–H groups in total. The lowest BCUT2D eigenvalue weighted by atomic mass is 9.98. The van der Waals surface area contributed by atoms with Gasteiger partial charge in [-0.25, -0.2) is 14.8 Å². The average molecular weight is 292 g/mol. The molecule has 0 bridgehead atoms. The first-order valence-corrected chi connectivity index (χ1v) is 7.43. The van der Waals surface area contributed by atoms with E-state index in [0.717, 1.165) is 31.9 Å². The van der Waals surface area contributed by atoms with E-state index < -0.39 is 5.60 Å². The second-order valence-corrected chi connectivity index (χ2v) is 6.39. The number of alkyl carbamates (subject to hydrolysis) is 1. The molecule has 1 saturated heterocycles. The molecule has 21 heavy (non-hydrogen) atoms. The molecule has 2 rings (SSSR count). The normalized spacial score (nSPS) is 19.2. The fourth-order valence-corrected chi connectivity index (χ4v) is 2.41. The van der Waals surface area contributed by atoms with Gasteiger partial charge in [0.1, 0.15) is 5.60 Å². The minimum Gasteiger partial charge on any atom is -0.444 e. The molecule has 0 saturated carbocycles. The summed E-state index contributed by atoms with van der Waals surface area (Å²) in [6, 6.07) is 1.81. The lowest BCUT2D eigenvalue weighted by Crippen LogP contribution is -2.42. The van der Waals surface area contributed by atoms with Crippen LogP contribution in [0.25, 0.3) is 0 Å². The van der Waals surface area contributed by atoms with E-state index in [9.17, 15) is 4.79 Å². The molecule has 0 aliphatic carbocycles. The maximum Gasteiger partial charge on any atom is 0.407 e. The van der Waals surface area contributed by atoms with Crippen LogP contribution < -0.4 is 10.2 Å². The van der Waals surface area contributed by atoms with Crippen molar-refractivity contribution >= 4 is 12.0 Å². The summed E-state index contributed by atoms with van der Waals surface area (Å²) in [5, 5.41) is 2.85. The van der Waals surface area contributed by atoms with Crippen LogP contribution in [0.5, 0.6) is 0 Å². The molecule has 0 spiro atoms. The van der Waals surface area contributed by atoms with E-state index in [0.29, 0.717) is 12.5 Å². The Kier molecular flexibility index (Phi) is 4.98. The molecule has 0 aromatic carbocycles. The van der Waals surface area contributed by atoms with Crippen LogP contribution in [-0.4, -0.2) is 41.3 Å². The van der Waals surface area contributed by atoms with Gasteiger partial charge in [-0.3, -0.25) is 0 Å². The Morgan fingerprint density at radius 2 is 2.14 bits per heavy atom. The van der Waals surface area contributed by atoms with Crippen molar-refractivity contribution in [1.29, 1.82) is 0 Å². The average Bonchev–Trinajstić information content (AvgIpc) is 2.45. The molecule has 1 atom stereocenters. The first-order valence-electron chi connectivity index (χ1n) is 7.43. The summed E-state index contributed by atoms with van der Waals surface area (Å²) in [6.07, 6.45) is 5.34. The Morgan fingerprint density at radius 3 is 2.81 bits per heavy atom. The number of ether oxygens (including phenoxy) is 1. The first kappa shape index (κ1) is 15.5. The highest BCUT2D eigenvalue weighted by molar-refractivity contribution is 5.67. The van der Waals surface area contributed by atoms with Crippen molar-refractivity contribution in [2.75, 3.05) is 24.5 Å². The topological polar surface area (TPSA) is 67.3 Å². The molecule has 1 aromatic rings. The van der Waals surface area contributed by atoms with E-state index in [1.807, 2.05) is 26.8 Å². The monoisotopic (exact) mass is 292 g/mol. The van der Waals surface area contributed by atoms with E-state index in [1.165, 1.54) is 0 Å². The van der Waals surface area contributed by atoms with E-state index in [1.54, 1.807) is 12.4 Å². The van der Waals surface area contributed by atoms with Crippen LogP contribution in [-0.2, 0) is 4.74 Å². The van der Waals surface area contributed by atoms with Crippen molar-refractivity contribution in [1.82, 2.24) is 15.3 Å². The number of piperidine rings is 1. The maximum absolute atomic E-state index is 11.7. The van der Waals surface area contributed by atoms with Gasteiger partial charge in [0.25, 0.3) is 0 Å². The van der Waals surface area contributed by atoms with Crippen LogP contribution in [0, 0.1) is 5.92 Å². The lowest BCUT2D eigenvalue weighted by Gasteiger charge is -2.32. The molecule has 1 fully saturated rings. The van der Waals surface area contributed by atoms with Crippen molar-refractivity contribution in [3.05, 3.63) is 18.5 Å². The van der Waals surface area contributed by atoms with Crippen molar-refractivity contribution < 1.29 is 9.53 Å². The molecule has 0 unspecified atom stereocenters. The van der Waals surface area contributed by atoms with Gasteiger partial charge >= 0.3 is 6.09 Å². The number of aromatic nitrogens is 2. The van der Waals surface area contributed by atoms with Gasteiger partial charge in [-0.1, -0.05) is 0 Å². The van der Waals surface area contributed by atoms with Gasteiger partial charge in [0.15, 0.2) is 0 Å². The third-order valence-electron chi connectivity index (χ3n) is 3.29. The summed E-state index contributed by atoms with van der Waals surface area (Å²) in [6.45, 7) is 8.04. The van der Waals surface area contributed by atoms with Crippen LogP contribution in [0.2, 0.25) is 0 Å². The van der Waals surface area contributed by atoms with Crippen molar-refractivity contribution in [3.8, 4) is 0 Å². The third kappa shape index (κ3) is 5.21. The molecule has 6 nitrogen and oxygen atoms in total. The summed E-state index contributed by atoms with van der Waals surface area (Å²) in [7, 11) is 0. The summed E-state index contributed by atoms with van der Waals surface area (Å²) in [4.78, 5) is 22.4. The van der Waals surface area contributed by atoms with Crippen molar-refractivity contribution in [2.45, 2.75) is 39.2 Å². The molecule has 1 aliphatic heterocycles. The van der Waals surface area contributed by atoms with Crippen LogP contribution >= 0.6 is 0 Å². The standard InChI is InChI=1S/C15H24N4O2/c1-15(2,3)21-14(20)18-10-12-6-4-9-19(11-12)13-16-7-5-8-17-13/h5,7-8,12H,4,6,9-11H2,1-3H3,(H,18,20)/t12-/m0/s1. The highest BCUT2D eigenvalue weighted by Crippen LogP contribution is 2.19. The van der Waals surface area contributed by atoms with E-state index in [4.69, 9.17) is 4.74 Å². The smallest absolute Gasteiger partial charge is 0.407 e. The second-order valence-electron chi connectivity index (χ2n) is 6.39. The van der Waals surface area contributed by atoms with Crippen LogP contribution in [0.15, 0.2) is 18.5 Å². The molecule has 2 heterocycles. The predicted molar refractivity (Wildman–Crippen MR) is 81.2 cm³/mol. The zero-order chi connectivity index (χ0) is 15.3. The number of nitrogens with one attached hydrogen (secondary N) is 1. The molecule has 1 aromatic heterocycles. The number of rotatable bonds is 3. The molecule has 116 valence electrons. The van der Waals surface area contributed by atoms with Gasteiger partial charge in [0.05, 0.1) is 0 Å². The number of carbonyl (C=O) groups excluding carboxylic acids is 1. The SMILES string of the molecule is CC(C)(C)OC(=O)NC[C@@H]1CCCN(c2ncccn2)C1. The fraction of sp³-hybridized carbons (Fsp3) is 0.667. The van der Waals surface area contributed by atoms with Gasteiger partial charge < -0.3 is 15.0 Å². The van der Waals surface area contributed by atoms with Crippen LogP contribution in [0.1, 0.15) is 33.6 Å². The van der Waals surface area contributed by atoms with Crippen molar-refractivity contribution in [3.63, 3.8) is 0 Å². The number of hydrogen-bond acceptors (Lipinski definition) is 5. The van der Waals surface area contributed by atoms with Gasteiger partial charge in [-0.15, -0.1) is 0 Å². The second kappa shape index (κ2) is 6.74. The highest BCUT2D eigenvalue weighted by atomic mass is 16.6. The fourth-order valence-electron chi connectivity index (χ4n) is 2.41. The summed E-state index contributed by atoms with van der Waals surface area (Å²) >= 11 is 0. The van der Waals surface area contributed by atoms with Crippen LogP contribution in [0.3, 0.4) is 0 Å². The highest BCUT2D eigenvalue weighted by Gasteiger charge is 2.23. The number of anilines is 1. The molecule has 1 amide bonds. The third-order valence-corrected chi connectivity index (χ3v) is 3.29. The zero-order valence-electron chi connectivity index (χ0n) is 13.0. The van der Waals surface area contributed by atoms with E-state index in [2.05, 4.69) is 20.2 Å². The zero-order valence-corrected chi connectivity index (χ0v) is 13.0. The number of carbonyl (C=O) groups is 1. The van der Waals surface area contributed by atoms with Crippen molar-refractivity contribution in [2.24, 2.45) is 5.92 Å². The predicted octanol–water partition coefficient (Wildman–Crippen LogP) is 2.22. The summed E-state index contributed by atoms with van der Waals surface area (Å²) < 4.78 is 5.25. The molecular weight excluding hydrogens is 268 g/mol. The number of amides is 1. The number of hydrogen-bond donors (Lipinski definition) is 1. The largest absolute Gasteiger partial charge is 0.444 e. The summed E-state index contributed by atoms with van der Waals surface area (Å²) in [5.74, 6) is 1.16. The Bertz CT molecular complexity index is 458. The van der Waals surface area contributed by atoms with Gasteiger partial charge in [-0.05, 0) is 45.6 Å². The van der Waals surface area contributed by atoms with E-state index >= 15 is 0 Å². The van der Waals surface area contributed by atoms with Gasteiger partial charge in [0.2, 0.25) is 5.95 Å². The van der Waals surface area contributed by atoms with Crippen LogP contribution in [0.4, 0.5) is 10.7 Å². The first-order chi connectivity index (χ1) is 9.94. The Morgan fingerprint density at radius 1 is 1.43 bits per heavy atom. The molecule has 6 heteroatoms. The Labute approximate surface area is 125 Å². The minimum absolute atomic E-state index is 0.351. The lowest BCUT2D eigenvalue weighted by molar-refractivity contribution is 0.0517. The van der Waals surface area contributed by atoms with Gasteiger partial charge in [-0.2, -0.15) is 0 Å². The summed E-state index contributed by atoms with van der Waals surface area (Å²) in [5.41, 5.74) is -0.458. The molecule has 1 aliphatic rings. The maximum atomic E-state index is 11.7. The number of nitrogens with zero attached hydrogens (tertiary/aromatic N) is 3. The van der Waals surface area contributed by atoms with Gasteiger partial charge in [0, 0.05) is 32.0 Å². The quantitative estimate of drug-likeness (QED) is 0.925. The Hall–Kier alpha value is -1.85. The van der Waals surface area contributed by atoms with E-state index in [-0.39, 0.29) is 6.09 Å². The molecule has 0 radical (unpaired) electrons. The minimum atomic E-state index is -0.458. The Balaban J connectivity index is 1.81. The molecular formula is C15H24N4O2.